The van der Waals surface area contributed by atoms with E-state index >= 15 is 0 Å². The molecule has 2 rings (SSSR count). The molecule has 17 heavy (non-hydrogen) atoms. The maximum absolute atomic E-state index is 5.75. The normalized spacial score (nSPS) is 18.7. The van der Waals surface area contributed by atoms with Crippen molar-refractivity contribution in [3.8, 4) is 0 Å². The zero-order valence-corrected chi connectivity index (χ0v) is 11.1. The summed E-state index contributed by atoms with van der Waals surface area (Å²) in [5.74, 6) is 1.79. The van der Waals surface area contributed by atoms with Crippen LogP contribution in [0.2, 0.25) is 0 Å². The van der Waals surface area contributed by atoms with Gasteiger partial charge in [0.1, 0.15) is 12.2 Å². The van der Waals surface area contributed by atoms with E-state index in [1.165, 1.54) is 0 Å². The summed E-state index contributed by atoms with van der Waals surface area (Å²) in [6.45, 7) is 9.28. The zero-order chi connectivity index (χ0) is 12.1. The summed E-state index contributed by atoms with van der Waals surface area (Å²) in [5.41, 5.74) is 0. The first kappa shape index (κ1) is 12.8. The van der Waals surface area contributed by atoms with Crippen molar-refractivity contribution in [1.29, 1.82) is 0 Å². The first-order valence-corrected chi connectivity index (χ1v) is 6.74. The third kappa shape index (κ3) is 3.40. The molecule has 0 saturated carbocycles. The number of alkyl halides is 1. The van der Waals surface area contributed by atoms with Gasteiger partial charge in [-0.05, 0) is 6.92 Å². The summed E-state index contributed by atoms with van der Waals surface area (Å²) in [6.07, 6.45) is 1.64. The van der Waals surface area contributed by atoms with E-state index in [0.29, 0.717) is 0 Å². The molecular weight excluding hydrogens is 238 g/mol. The van der Waals surface area contributed by atoms with Gasteiger partial charge >= 0.3 is 0 Å². The minimum Gasteiger partial charge on any atom is -0.300 e. The molecule has 1 aromatic heterocycles. The number of hydrogen-bond acceptors (Lipinski definition) is 4. The van der Waals surface area contributed by atoms with Crippen LogP contribution in [-0.4, -0.2) is 63.2 Å². The topological polar surface area (TPSA) is 37.2 Å². The van der Waals surface area contributed by atoms with Crippen molar-refractivity contribution in [2.24, 2.45) is 0 Å². The first-order chi connectivity index (χ1) is 8.33. The van der Waals surface area contributed by atoms with Gasteiger partial charge < -0.3 is 0 Å². The molecular formula is C11H20ClN5. The lowest BCUT2D eigenvalue weighted by molar-refractivity contribution is 0.129. The fraction of sp³-hybridized carbons (Fsp3) is 0.818. The van der Waals surface area contributed by atoms with Gasteiger partial charge in [-0.1, -0.05) is 0 Å². The van der Waals surface area contributed by atoms with Crippen LogP contribution < -0.4 is 0 Å². The molecule has 0 N–H and O–H groups in total. The Hall–Kier alpha value is -0.650. The van der Waals surface area contributed by atoms with Crippen molar-refractivity contribution < 1.29 is 0 Å². The van der Waals surface area contributed by atoms with Crippen LogP contribution in [0.15, 0.2) is 6.33 Å². The number of halogens is 1. The Labute approximate surface area is 107 Å². The maximum atomic E-state index is 5.75. The Morgan fingerprint density at radius 3 is 2.59 bits per heavy atom. The van der Waals surface area contributed by atoms with Crippen LogP contribution in [0.25, 0.3) is 0 Å². The van der Waals surface area contributed by atoms with Crippen LogP contribution in [0.5, 0.6) is 0 Å². The standard InChI is InChI=1S/C11H20ClN5/c1-2-17-11(13-10-14-17)9-16-7-5-15(4-3-12)6-8-16/h10H,2-9H2,1H3. The molecule has 2 heterocycles. The quantitative estimate of drug-likeness (QED) is 0.726. The molecule has 0 aliphatic carbocycles. The Morgan fingerprint density at radius 2 is 1.94 bits per heavy atom. The van der Waals surface area contributed by atoms with Crippen LogP contribution in [0.1, 0.15) is 12.7 Å². The lowest BCUT2D eigenvalue weighted by Gasteiger charge is -2.33. The molecule has 1 aliphatic rings. The van der Waals surface area contributed by atoms with Crippen LogP contribution in [0.3, 0.4) is 0 Å². The Morgan fingerprint density at radius 1 is 1.24 bits per heavy atom. The predicted octanol–water partition coefficient (Wildman–Crippen LogP) is 0.654. The summed E-state index contributed by atoms with van der Waals surface area (Å²) in [4.78, 5) is 9.15. The highest BCUT2D eigenvalue weighted by atomic mass is 35.5. The SMILES string of the molecule is CCn1ncnc1CN1CCN(CCCl)CC1. The second-order valence-electron chi connectivity index (χ2n) is 4.30. The van der Waals surface area contributed by atoms with Gasteiger partial charge in [-0.15, -0.1) is 11.6 Å². The number of nitrogens with zero attached hydrogens (tertiary/aromatic N) is 5. The van der Waals surface area contributed by atoms with Gasteiger partial charge in [0.05, 0.1) is 6.54 Å². The van der Waals surface area contributed by atoms with Crippen LogP contribution >= 0.6 is 11.6 Å². The Balaban J connectivity index is 1.82. The second kappa shape index (κ2) is 6.33. The summed E-state index contributed by atoms with van der Waals surface area (Å²) < 4.78 is 1.96. The van der Waals surface area contributed by atoms with E-state index in [4.69, 9.17) is 11.6 Å². The fourth-order valence-corrected chi connectivity index (χ4v) is 2.40. The average Bonchev–Trinajstić information content (AvgIpc) is 2.79. The van der Waals surface area contributed by atoms with E-state index < -0.39 is 0 Å². The van der Waals surface area contributed by atoms with Crippen LogP contribution in [0, 0.1) is 0 Å². The largest absolute Gasteiger partial charge is 0.300 e. The molecule has 0 radical (unpaired) electrons. The molecule has 1 aliphatic heterocycles. The maximum Gasteiger partial charge on any atom is 0.140 e. The molecule has 1 aromatic rings. The van der Waals surface area contributed by atoms with E-state index in [-0.39, 0.29) is 0 Å². The summed E-state index contributed by atoms with van der Waals surface area (Å²) in [6, 6.07) is 0. The number of piperazine rings is 1. The molecule has 1 fully saturated rings. The molecule has 0 unspecified atom stereocenters. The minimum atomic E-state index is 0.726. The third-order valence-corrected chi connectivity index (χ3v) is 3.39. The van der Waals surface area contributed by atoms with Gasteiger partial charge in [0.15, 0.2) is 0 Å². The minimum absolute atomic E-state index is 0.726. The molecule has 6 heteroatoms. The van der Waals surface area contributed by atoms with Gasteiger partial charge in [0.2, 0.25) is 0 Å². The zero-order valence-electron chi connectivity index (χ0n) is 10.3. The summed E-state index contributed by atoms with van der Waals surface area (Å²) in [5, 5.41) is 4.20. The monoisotopic (exact) mass is 257 g/mol. The molecule has 0 atom stereocenters. The smallest absolute Gasteiger partial charge is 0.140 e. The van der Waals surface area contributed by atoms with Gasteiger partial charge in [-0.3, -0.25) is 9.80 Å². The van der Waals surface area contributed by atoms with Crippen molar-refractivity contribution in [3.05, 3.63) is 12.2 Å². The number of hydrogen-bond donors (Lipinski definition) is 0. The van der Waals surface area contributed by atoms with Crippen molar-refractivity contribution >= 4 is 11.6 Å². The van der Waals surface area contributed by atoms with E-state index in [0.717, 1.165) is 57.5 Å². The Kier molecular flexibility index (Phi) is 4.76. The summed E-state index contributed by atoms with van der Waals surface area (Å²) in [7, 11) is 0. The highest BCUT2D eigenvalue weighted by molar-refractivity contribution is 6.18. The molecule has 0 spiro atoms. The highest BCUT2D eigenvalue weighted by Gasteiger charge is 2.17. The van der Waals surface area contributed by atoms with Crippen molar-refractivity contribution in [3.63, 3.8) is 0 Å². The molecule has 96 valence electrons. The number of rotatable bonds is 5. The second-order valence-corrected chi connectivity index (χ2v) is 4.68. The third-order valence-electron chi connectivity index (χ3n) is 3.23. The lowest BCUT2D eigenvalue weighted by Crippen LogP contribution is -2.46. The van der Waals surface area contributed by atoms with Crippen LogP contribution in [-0.2, 0) is 13.1 Å². The predicted molar refractivity (Wildman–Crippen MR) is 68.1 cm³/mol. The molecule has 0 aromatic carbocycles. The van der Waals surface area contributed by atoms with Gasteiger partial charge in [0, 0.05) is 45.1 Å². The van der Waals surface area contributed by atoms with Crippen molar-refractivity contribution in [2.75, 3.05) is 38.6 Å². The van der Waals surface area contributed by atoms with E-state index in [9.17, 15) is 0 Å². The first-order valence-electron chi connectivity index (χ1n) is 6.21. The van der Waals surface area contributed by atoms with E-state index in [1.807, 2.05) is 4.68 Å². The fourth-order valence-electron chi connectivity index (χ4n) is 2.17. The van der Waals surface area contributed by atoms with Crippen LogP contribution in [0.4, 0.5) is 0 Å². The molecule has 0 bridgehead atoms. The number of aryl methyl sites for hydroxylation is 1. The summed E-state index contributed by atoms with van der Waals surface area (Å²) >= 11 is 5.75. The lowest BCUT2D eigenvalue weighted by atomic mass is 10.3. The van der Waals surface area contributed by atoms with E-state index in [1.54, 1.807) is 6.33 Å². The average molecular weight is 258 g/mol. The molecule has 1 saturated heterocycles. The van der Waals surface area contributed by atoms with Crippen molar-refractivity contribution in [2.45, 2.75) is 20.0 Å². The van der Waals surface area contributed by atoms with Gasteiger partial charge in [-0.25, -0.2) is 9.67 Å². The highest BCUT2D eigenvalue weighted by Crippen LogP contribution is 2.06. The molecule has 0 amide bonds. The van der Waals surface area contributed by atoms with Gasteiger partial charge in [0.25, 0.3) is 0 Å². The Bertz CT molecular complexity index is 332. The van der Waals surface area contributed by atoms with Gasteiger partial charge in [-0.2, -0.15) is 5.10 Å². The number of aromatic nitrogens is 3. The van der Waals surface area contributed by atoms with E-state index in [2.05, 4.69) is 26.8 Å². The molecule has 5 nitrogen and oxygen atoms in total. The van der Waals surface area contributed by atoms with Crippen molar-refractivity contribution in [1.82, 2.24) is 24.6 Å².